The van der Waals surface area contributed by atoms with Gasteiger partial charge in [0.05, 0.1) is 25.7 Å². The van der Waals surface area contributed by atoms with Gasteiger partial charge in [-0.05, 0) is 41.8 Å². The van der Waals surface area contributed by atoms with Crippen molar-refractivity contribution >= 4 is 35.1 Å². The molecule has 6 nitrogen and oxygen atoms in total. The number of morpholine rings is 1. The number of esters is 1. The van der Waals surface area contributed by atoms with Crippen molar-refractivity contribution in [3.63, 3.8) is 0 Å². The zero-order valence-corrected chi connectivity index (χ0v) is 21.3. The van der Waals surface area contributed by atoms with Gasteiger partial charge in [0.25, 0.3) is 5.91 Å². The Labute approximate surface area is 216 Å². The molecule has 5 rings (SSSR count). The monoisotopic (exact) mass is 516 g/mol. The van der Waals surface area contributed by atoms with Crippen LogP contribution in [0.5, 0.6) is 0 Å². The van der Waals surface area contributed by atoms with Crippen LogP contribution >= 0.6 is 23.2 Å². The van der Waals surface area contributed by atoms with Gasteiger partial charge in [-0.2, -0.15) is 0 Å². The number of halogens is 2. The molecular formula is C27H30Cl2N2O4. The molecule has 3 fully saturated rings. The number of benzene rings is 2. The smallest absolute Gasteiger partial charge is 0.311 e. The molecule has 0 aliphatic carbocycles. The van der Waals surface area contributed by atoms with Gasteiger partial charge in [0.15, 0.2) is 0 Å². The first-order chi connectivity index (χ1) is 16.9. The SMILES string of the molecule is CCC(CN1CCOCC1)N1C(=O)C2(CC(=O)O2)CC(c2cccc(Cl)c2)C1c1ccc(Cl)cc1. The van der Waals surface area contributed by atoms with Crippen LogP contribution in [0.1, 0.15) is 49.3 Å². The molecule has 0 aromatic heterocycles. The van der Waals surface area contributed by atoms with E-state index in [1.165, 1.54) is 0 Å². The summed E-state index contributed by atoms with van der Waals surface area (Å²) in [5, 5.41) is 1.28. The van der Waals surface area contributed by atoms with Crippen LogP contribution in [0.4, 0.5) is 0 Å². The number of rotatable bonds is 6. The Hall–Kier alpha value is -2.12. The molecule has 1 spiro atoms. The lowest BCUT2D eigenvalue weighted by atomic mass is 9.70. The van der Waals surface area contributed by atoms with E-state index in [1.54, 1.807) is 0 Å². The summed E-state index contributed by atoms with van der Waals surface area (Å²) in [4.78, 5) is 30.5. The van der Waals surface area contributed by atoms with E-state index in [-0.39, 0.29) is 36.3 Å². The largest absolute Gasteiger partial charge is 0.448 e. The van der Waals surface area contributed by atoms with Gasteiger partial charge in [0, 0.05) is 48.1 Å². The molecule has 3 saturated heterocycles. The van der Waals surface area contributed by atoms with Crippen LogP contribution in [0.2, 0.25) is 10.0 Å². The topological polar surface area (TPSA) is 59.1 Å². The minimum absolute atomic E-state index is 0.0561. The molecule has 4 unspecified atom stereocenters. The van der Waals surface area contributed by atoms with Crippen LogP contribution < -0.4 is 0 Å². The second-order valence-electron chi connectivity index (χ2n) is 9.69. The van der Waals surface area contributed by atoms with Gasteiger partial charge in [0.1, 0.15) is 0 Å². The summed E-state index contributed by atoms with van der Waals surface area (Å²) < 4.78 is 11.2. The molecule has 35 heavy (non-hydrogen) atoms. The summed E-state index contributed by atoms with van der Waals surface area (Å²) in [7, 11) is 0. The number of amides is 1. The molecule has 0 radical (unpaired) electrons. The van der Waals surface area contributed by atoms with Crippen LogP contribution in [0.3, 0.4) is 0 Å². The van der Waals surface area contributed by atoms with Crippen molar-refractivity contribution in [2.75, 3.05) is 32.8 Å². The number of nitrogens with zero attached hydrogens (tertiary/aromatic N) is 2. The van der Waals surface area contributed by atoms with Gasteiger partial charge in [-0.15, -0.1) is 0 Å². The molecular weight excluding hydrogens is 487 g/mol. The maximum atomic E-state index is 14.2. The minimum atomic E-state index is -1.12. The van der Waals surface area contributed by atoms with Gasteiger partial charge in [0.2, 0.25) is 5.60 Å². The number of carbonyl (C=O) groups excluding carboxylic acids is 2. The van der Waals surface area contributed by atoms with Crippen molar-refractivity contribution in [1.82, 2.24) is 9.80 Å². The molecule has 0 N–H and O–H groups in total. The third-order valence-corrected chi connectivity index (χ3v) is 8.01. The highest BCUT2D eigenvalue weighted by molar-refractivity contribution is 6.30. The van der Waals surface area contributed by atoms with Crippen molar-refractivity contribution in [2.45, 2.75) is 49.8 Å². The zero-order chi connectivity index (χ0) is 24.6. The maximum Gasteiger partial charge on any atom is 0.311 e. The molecule has 0 bridgehead atoms. The number of ether oxygens (including phenoxy) is 2. The normalized spacial score (nSPS) is 28.0. The summed E-state index contributed by atoms with van der Waals surface area (Å²) in [5.74, 6) is -0.524. The Morgan fingerprint density at radius 3 is 2.37 bits per heavy atom. The lowest BCUT2D eigenvalue weighted by Crippen LogP contribution is -2.67. The van der Waals surface area contributed by atoms with E-state index >= 15 is 0 Å². The van der Waals surface area contributed by atoms with Gasteiger partial charge in [-0.25, -0.2) is 0 Å². The first-order valence-electron chi connectivity index (χ1n) is 12.3. The first-order valence-corrected chi connectivity index (χ1v) is 13.0. The first kappa shape index (κ1) is 24.6. The van der Waals surface area contributed by atoms with Gasteiger partial charge in [-0.3, -0.25) is 14.5 Å². The standard InChI is InChI=1S/C27H30Cl2N2O4/c1-2-22(17-30-10-12-34-13-11-30)31-25(18-6-8-20(28)9-7-18)23(19-4-3-5-21(29)14-19)15-27(26(31)33)16-24(32)35-27/h3-9,14,22-23,25H,2,10-13,15-17H2,1H3. The van der Waals surface area contributed by atoms with Gasteiger partial charge >= 0.3 is 5.97 Å². The molecule has 8 heteroatoms. The molecule has 186 valence electrons. The quantitative estimate of drug-likeness (QED) is 0.513. The molecule has 1 amide bonds. The summed E-state index contributed by atoms with van der Waals surface area (Å²) in [6.45, 7) is 5.90. The zero-order valence-electron chi connectivity index (χ0n) is 19.8. The van der Waals surface area contributed by atoms with Crippen molar-refractivity contribution in [3.8, 4) is 0 Å². The summed E-state index contributed by atoms with van der Waals surface area (Å²) in [6.07, 6.45) is 1.32. The average Bonchev–Trinajstić information content (AvgIpc) is 2.84. The number of carbonyl (C=O) groups is 2. The fourth-order valence-electron chi connectivity index (χ4n) is 5.76. The molecule has 2 aromatic rings. The van der Waals surface area contributed by atoms with Crippen molar-refractivity contribution in [1.29, 1.82) is 0 Å². The Bertz CT molecular complexity index is 1080. The molecule has 0 saturated carbocycles. The summed E-state index contributed by atoms with van der Waals surface area (Å²) in [6, 6.07) is 15.2. The van der Waals surface area contributed by atoms with E-state index < -0.39 is 5.60 Å². The van der Waals surface area contributed by atoms with E-state index in [1.807, 2.05) is 53.4 Å². The summed E-state index contributed by atoms with van der Waals surface area (Å²) >= 11 is 12.6. The molecule has 3 aliphatic rings. The molecule has 4 atom stereocenters. The highest BCUT2D eigenvalue weighted by Gasteiger charge is 2.61. The predicted molar refractivity (Wildman–Crippen MR) is 135 cm³/mol. The Balaban J connectivity index is 1.60. The number of hydrogen-bond acceptors (Lipinski definition) is 5. The molecule has 2 aromatic carbocycles. The van der Waals surface area contributed by atoms with E-state index in [9.17, 15) is 9.59 Å². The number of hydrogen-bond donors (Lipinski definition) is 0. The molecule has 3 aliphatic heterocycles. The van der Waals surface area contributed by atoms with Crippen LogP contribution in [0, 0.1) is 0 Å². The van der Waals surface area contributed by atoms with Crippen LogP contribution in [-0.4, -0.2) is 66.2 Å². The third-order valence-electron chi connectivity index (χ3n) is 7.52. The Morgan fingerprint density at radius 1 is 1.03 bits per heavy atom. The highest BCUT2D eigenvalue weighted by atomic mass is 35.5. The third kappa shape index (κ3) is 4.82. The van der Waals surface area contributed by atoms with E-state index in [2.05, 4.69) is 11.8 Å². The second-order valence-corrected chi connectivity index (χ2v) is 10.6. The molecule has 3 heterocycles. The minimum Gasteiger partial charge on any atom is -0.448 e. The van der Waals surface area contributed by atoms with Crippen molar-refractivity contribution in [3.05, 3.63) is 69.7 Å². The lowest BCUT2D eigenvalue weighted by molar-refractivity contribution is -0.213. The highest BCUT2D eigenvalue weighted by Crippen LogP contribution is 2.52. The van der Waals surface area contributed by atoms with Gasteiger partial charge < -0.3 is 14.4 Å². The predicted octanol–water partition coefficient (Wildman–Crippen LogP) is 4.85. The van der Waals surface area contributed by atoms with E-state index in [4.69, 9.17) is 32.7 Å². The Kier molecular flexibility index (Phi) is 7.09. The average molecular weight is 517 g/mol. The van der Waals surface area contributed by atoms with E-state index in [0.717, 1.165) is 37.2 Å². The fourth-order valence-corrected chi connectivity index (χ4v) is 6.09. The maximum absolute atomic E-state index is 14.2. The van der Waals surface area contributed by atoms with Gasteiger partial charge in [-0.1, -0.05) is 54.4 Å². The number of likely N-dealkylation sites (tertiary alicyclic amines) is 1. The van der Waals surface area contributed by atoms with E-state index in [0.29, 0.717) is 29.7 Å². The van der Waals surface area contributed by atoms with Crippen LogP contribution in [-0.2, 0) is 19.1 Å². The Morgan fingerprint density at radius 2 is 1.74 bits per heavy atom. The van der Waals surface area contributed by atoms with Crippen LogP contribution in [0.25, 0.3) is 0 Å². The number of piperidine rings is 1. The fraction of sp³-hybridized carbons (Fsp3) is 0.481. The lowest BCUT2D eigenvalue weighted by Gasteiger charge is -2.55. The second kappa shape index (κ2) is 10.1. The van der Waals surface area contributed by atoms with Crippen LogP contribution in [0.15, 0.2) is 48.5 Å². The van der Waals surface area contributed by atoms with Crippen molar-refractivity contribution < 1.29 is 19.1 Å². The van der Waals surface area contributed by atoms with Crippen molar-refractivity contribution in [2.24, 2.45) is 0 Å². The summed E-state index contributed by atoms with van der Waals surface area (Å²) in [5.41, 5.74) is 0.915.